The topological polar surface area (TPSA) is 39.2 Å². The molecule has 2 rings (SSSR count). The molecule has 0 aliphatic carbocycles. The van der Waals surface area contributed by atoms with E-state index in [1.807, 2.05) is 24.3 Å². The van der Waals surface area contributed by atoms with Crippen LogP contribution in [0.3, 0.4) is 0 Å². The average molecular weight is 233 g/mol. The highest BCUT2D eigenvalue weighted by Gasteiger charge is 2.08. The summed E-state index contributed by atoms with van der Waals surface area (Å²) in [4.78, 5) is 16.4. The Morgan fingerprint density at radius 3 is 2.69 bits per heavy atom. The lowest BCUT2D eigenvalue weighted by Crippen LogP contribution is -2.00. The molecule has 4 heteroatoms. The summed E-state index contributed by atoms with van der Waals surface area (Å²) in [5.74, 6) is 0.904. The lowest BCUT2D eigenvalue weighted by Gasteiger charge is -2.01. The first-order chi connectivity index (χ1) is 7.79. The molecule has 0 fully saturated rings. The number of Topliss-reactive ketones (excluding diaryl/α,β-unsaturated/α-hetero) is 1. The Bertz CT molecular complexity index is 462. The normalized spacial score (nSPS) is 10.1. The Kier molecular flexibility index (Phi) is 3.31. The Labute approximate surface area is 97.7 Å². The van der Waals surface area contributed by atoms with E-state index in [-0.39, 0.29) is 5.78 Å². The minimum absolute atomic E-state index is 0.104. The van der Waals surface area contributed by atoms with Crippen LogP contribution < -0.4 is 4.74 Å². The molecule has 0 saturated carbocycles. The van der Waals surface area contributed by atoms with Gasteiger partial charge >= 0.3 is 0 Å². The van der Waals surface area contributed by atoms with Crippen LogP contribution in [-0.4, -0.2) is 17.9 Å². The first-order valence-corrected chi connectivity index (χ1v) is 5.72. The van der Waals surface area contributed by atoms with E-state index in [4.69, 9.17) is 4.74 Å². The van der Waals surface area contributed by atoms with Crippen molar-refractivity contribution < 1.29 is 9.53 Å². The van der Waals surface area contributed by atoms with Crippen molar-refractivity contribution in [1.29, 1.82) is 0 Å². The molecule has 0 aliphatic heterocycles. The van der Waals surface area contributed by atoms with Gasteiger partial charge in [-0.1, -0.05) is 12.1 Å². The van der Waals surface area contributed by atoms with Crippen LogP contribution in [0.25, 0.3) is 0 Å². The van der Waals surface area contributed by atoms with Crippen LogP contribution in [0.5, 0.6) is 5.75 Å². The van der Waals surface area contributed by atoms with Crippen molar-refractivity contribution in [3.8, 4) is 5.75 Å². The number of carbonyl (C=O) groups excluding carboxylic acids is 1. The lowest BCUT2D eigenvalue weighted by molar-refractivity contribution is 0.0996. The molecule has 0 saturated heterocycles. The van der Waals surface area contributed by atoms with Crippen molar-refractivity contribution >= 4 is 17.1 Å². The fourth-order valence-corrected chi connectivity index (χ4v) is 1.93. The highest BCUT2D eigenvalue weighted by atomic mass is 32.1. The molecule has 0 aliphatic rings. The van der Waals surface area contributed by atoms with E-state index in [1.54, 1.807) is 18.8 Å². The smallest absolute Gasteiger partial charge is 0.178 e. The number of benzene rings is 1. The molecule has 1 aromatic heterocycles. The Hall–Kier alpha value is -1.68. The van der Waals surface area contributed by atoms with Gasteiger partial charge in [0.2, 0.25) is 0 Å². The summed E-state index contributed by atoms with van der Waals surface area (Å²) in [6.07, 6.45) is 2.02. The van der Waals surface area contributed by atoms with Crippen LogP contribution >= 0.6 is 11.3 Å². The van der Waals surface area contributed by atoms with Gasteiger partial charge in [0.25, 0.3) is 0 Å². The second-order valence-corrected chi connectivity index (χ2v) is 4.20. The molecule has 16 heavy (non-hydrogen) atoms. The van der Waals surface area contributed by atoms with Crippen LogP contribution in [0.1, 0.15) is 15.2 Å². The molecule has 1 heterocycles. The third kappa shape index (κ3) is 2.46. The van der Waals surface area contributed by atoms with Crippen LogP contribution in [-0.2, 0) is 6.42 Å². The van der Waals surface area contributed by atoms with Gasteiger partial charge in [-0.2, -0.15) is 0 Å². The molecule has 0 radical (unpaired) electrons. The molecule has 0 N–H and O–H groups in total. The number of ketones is 1. The van der Waals surface area contributed by atoms with Gasteiger partial charge in [-0.3, -0.25) is 9.78 Å². The largest absolute Gasteiger partial charge is 0.497 e. The summed E-state index contributed by atoms with van der Waals surface area (Å²) >= 11 is 1.37. The number of carbonyl (C=O) groups is 1. The Morgan fingerprint density at radius 1 is 1.38 bits per heavy atom. The quantitative estimate of drug-likeness (QED) is 0.762. The summed E-state index contributed by atoms with van der Waals surface area (Å²) in [5, 5.41) is 0. The van der Waals surface area contributed by atoms with Gasteiger partial charge in [-0.15, -0.1) is 11.3 Å². The van der Waals surface area contributed by atoms with E-state index in [9.17, 15) is 4.79 Å². The van der Waals surface area contributed by atoms with Gasteiger partial charge in [-0.25, -0.2) is 0 Å². The molecule has 3 nitrogen and oxygen atoms in total. The molecular weight excluding hydrogens is 222 g/mol. The summed E-state index contributed by atoms with van der Waals surface area (Å²) in [6.45, 7) is 0. The predicted octanol–water partition coefficient (Wildman–Crippen LogP) is 2.58. The van der Waals surface area contributed by atoms with E-state index in [0.717, 1.165) is 11.3 Å². The number of aromatic nitrogens is 1. The first-order valence-electron chi connectivity index (χ1n) is 4.84. The molecule has 2 aromatic rings. The van der Waals surface area contributed by atoms with Crippen molar-refractivity contribution in [2.75, 3.05) is 7.11 Å². The number of hydrogen-bond donors (Lipinski definition) is 0. The lowest BCUT2D eigenvalue weighted by atomic mass is 10.1. The summed E-state index contributed by atoms with van der Waals surface area (Å²) < 4.78 is 5.05. The zero-order chi connectivity index (χ0) is 11.4. The predicted molar refractivity (Wildman–Crippen MR) is 63.1 cm³/mol. The van der Waals surface area contributed by atoms with Crippen LogP contribution in [0.4, 0.5) is 0 Å². The second kappa shape index (κ2) is 4.90. The molecule has 82 valence electrons. The number of nitrogens with zero attached hydrogens (tertiary/aromatic N) is 1. The SMILES string of the molecule is COc1ccc(CC(=O)c2cncs2)cc1. The minimum Gasteiger partial charge on any atom is -0.497 e. The maximum atomic E-state index is 11.8. The monoisotopic (exact) mass is 233 g/mol. The number of hydrogen-bond acceptors (Lipinski definition) is 4. The molecule has 0 spiro atoms. The fourth-order valence-electron chi connectivity index (χ4n) is 1.37. The van der Waals surface area contributed by atoms with Gasteiger partial charge < -0.3 is 4.74 Å². The Morgan fingerprint density at radius 2 is 2.12 bits per heavy atom. The van der Waals surface area contributed by atoms with Gasteiger partial charge in [0, 0.05) is 12.6 Å². The molecule has 0 bridgehead atoms. The zero-order valence-corrected chi connectivity index (χ0v) is 9.66. The van der Waals surface area contributed by atoms with Crippen LogP contribution in [0.15, 0.2) is 36.0 Å². The van der Waals surface area contributed by atoms with Crippen molar-refractivity contribution in [3.63, 3.8) is 0 Å². The van der Waals surface area contributed by atoms with Gasteiger partial charge in [0.15, 0.2) is 5.78 Å². The molecule has 0 unspecified atom stereocenters. The maximum absolute atomic E-state index is 11.8. The van der Waals surface area contributed by atoms with Crippen molar-refractivity contribution in [3.05, 3.63) is 46.4 Å². The van der Waals surface area contributed by atoms with E-state index < -0.39 is 0 Å². The first kappa shape index (κ1) is 10.8. The van der Waals surface area contributed by atoms with Gasteiger partial charge in [0.1, 0.15) is 5.75 Å². The van der Waals surface area contributed by atoms with Gasteiger partial charge in [-0.05, 0) is 17.7 Å². The fraction of sp³-hybridized carbons (Fsp3) is 0.167. The maximum Gasteiger partial charge on any atom is 0.178 e. The van der Waals surface area contributed by atoms with Crippen molar-refractivity contribution in [1.82, 2.24) is 4.98 Å². The second-order valence-electron chi connectivity index (χ2n) is 3.31. The van der Waals surface area contributed by atoms with Crippen molar-refractivity contribution in [2.45, 2.75) is 6.42 Å². The third-order valence-electron chi connectivity index (χ3n) is 2.23. The molecule has 0 atom stereocenters. The average Bonchev–Trinajstić information content (AvgIpc) is 2.83. The zero-order valence-electron chi connectivity index (χ0n) is 8.84. The molecular formula is C12H11NO2S. The van der Waals surface area contributed by atoms with E-state index >= 15 is 0 Å². The van der Waals surface area contributed by atoms with Gasteiger partial charge in [0.05, 0.1) is 17.5 Å². The third-order valence-corrected chi connectivity index (χ3v) is 3.05. The molecule has 0 amide bonds. The van der Waals surface area contributed by atoms with Crippen LogP contribution in [0, 0.1) is 0 Å². The van der Waals surface area contributed by atoms with E-state index in [0.29, 0.717) is 11.3 Å². The van der Waals surface area contributed by atoms with E-state index in [2.05, 4.69) is 4.98 Å². The number of thiazole rings is 1. The summed E-state index contributed by atoms with van der Waals surface area (Å²) in [6, 6.07) is 7.51. The Balaban J connectivity index is 2.06. The van der Waals surface area contributed by atoms with E-state index in [1.165, 1.54) is 11.3 Å². The summed E-state index contributed by atoms with van der Waals surface area (Å²) in [5.41, 5.74) is 2.65. The number of rotatable bonds is 4. The standard InChI is InChI=1S/C12H11NO2S/c1-15-10-4-2-9(3-5-10)6-11(14)12-7-13-8-16-12/h2-5,7-8H,6H2,1H3. The number of ether oxygens (including phenoxy) is 1. The van der Waals surface area contributed by atoms with Crippen LogP contribution in [0.2, 0.25) is 0 Å². The number of methoxy groups -OCH3 is 1. The molecule has 1 aromatic carbocycles. The highest BCUT2D eigenvalue weighted by Crippen LogP contribution is 2.14. The van der Waals surface area contributed by atoms with Crippen molar-refractivity contribution in [2.24, 2.45) is 0 Å². The highest BCUT2D eigenvalue weighted by molar-refractivity contribution is 7.11. The minimum atomic E-state index is 0.104. The summed E-state index contributed by atoms with van der Waals surface area (Å²) in [7, 11) is 1.62.